The van der Waals surface area contributed by atoms with Crippen LogP contribution in [0.25, 0.3) is 0 Å². The summed E-state index contributed by atoms with van der Waals surface area (Å²) < 4.78 is 15.6. The number of hydrogen-bond acceptors (Lipinski definition) is 8. The molecule has 3 heterocycles. The third kappa shape index (κ3) is 3.27. The van der Waals surface area contributed by atoms with Crippen LogP contribution in [-0.4, -0.2) is 27.8 Å². The van der Waals surface area contributed by atoms with Crippen LogP contribution in [0.1, 0.15) is 21.9 Å². The van der Waals surface area contributed by atoms with Gasteiger partial charge in [0.15, 0.2) is 17.3 Å². The van der Waals surface area contributed by atoms with E-state index in [2.05, 4.69) is 25.8 Å². The molecule has 0 aliphatic carbocycles. The van der Waals surface area contributed by atoms with Gasteiger partial charge in [0.25, 0.3) is 5.91 Å². The Hall–Kier alpha value is -3.62. The van der Waals surface area contributed by atoms with Gasteiger partial charge in [-0.2, -0.15) is 0 Å². The first-order chi connectivity index (χ1) is 12.6. The highest BCUT2D eigenvalue weighted by molar-refractivity contribution is 6.02. The van der Waals surface area contributed by atoms with Crippen molar-refractivity contribution in [2.75, 3.05) is 17.4 Å². The summed E-state index contributed by atoms with van der Waals surface area (Å²) in [5, 5.41) is 9.43. The van der Waals surface area contributed by atoms with Crippen molar-refractivity contribution in [2.24, 2.45) is 0 Å². The number of aryl methyl sites for hydroxylation is 2. The highest BCUT2D eigenvalue weighted by atomic mass is 16.7. The number of anilines is 3. The molecule has 0 unspecified atom stereocenters. The SMILES string of the molecule is Cc1cc(C(=O)Nc2cc(C)on2)nc(Nc2ccc3c(c2)OCO3)n1. The number of hydrogen-bond donors (Lipinski definition) is 2. The monoisotopic (exact) mass is 353 g/mol. The molecule has 132 valence electrons. The number of fused-ring (bicyclic) bond motifs is 1. The molecule has 2 N–H and O–H groups in total. The third-order valence-electron chi connectivity index (χ3n) is 3.59. The number of aromatic nitrogens is 3. The highest BCUT2D eigenvalue weighted by Crippen LogP contribution is 2.34. The molecule has 4 rings (SSSR count). The summed E-state index contributed by atoms with van der Waals surface area (Å²) in [5.41, 5.74) is 1.57. The second-order valence-corrected chi connectivity index (χ2v) is 5.69. The molecule has 0 fully saturated rings. The van der Waals surface area contributed by atoms with Crippen LogP contribution in [0, 0.1) is 13.8 Å². The van der Waals surface area contributed by atoms with E-state index in [1.165, 1.54) is 0 Å². The lowest BCUT2D eigenvalue weighted by Crippen LogP contribution is -2.15. The van der Waals surface area contributed by atoms with Crippen molar-refractivity contribution in [1.29, 1.82) is 0 Å². The minimum atomic E-state index is -0.405. The lowest BCUT2D eigenvalue weighted by Gasteiger charge is -2.08. The normalized spacial score (nSPS) is 12.1. The average Bonchev–Trinajstić information content (AvgIpc) is 3.22. The van der Waals surface area contributed by atoms with Crippen molar-refractivity contribution in [3.05, 3.63) is 47.5 Å². The van der Waals surface area contributed by atoms with Crippen molar-refractivity contribution in [3.63, 3.8) is 0 Å². The smallest absolute Gasteiger partial charge is 0.275 e. The first-order valence-corrected chi connectivity index (χ1v) is 7.84. The summed E-state index contributed by atoms with van der Waals surface area (Å²) in [6.07, 6.45) is 0. The number of benzene rings is 1. The molecule has 1 aliphatic rings. The Morgan fingerprint density at radius 2 is 1.92 bits per heavy atom. The van der Waals surface area contributed by atoms with Gasteiger partial charge in [-0.15, -0.1) is 0 Å². The van der Waals surface area contributed by atoms with Gasteiger partial charge >= 0.3 is 0 Å². The van der Waals surface area contributed by atoms with Gasteiger partial charge in [-0.3, -0.25) is 4.79 Å². The highest BCUT2D eigenvalue weighted by Gasteiger charge is 2.15. The molecule has 0 radical (unpaired) electrons. The maximum absolute atomic E-state index is 12.4. The number of amides is 1. The third-order valence-corrected chi connectivity index (χ3v) is 3.59. The van der Waals surface area contributed by atoms with Crippen LogP contribution in [0.5, 0.6) is 11.5 Å². The van der Waals surface area contributed by atoms with E-state index in [1.807, 2.05) is 6.07 Å². The number of rotatable bonds is 4. The molecule has 0 saturated carbocycles. The van der Waals surface area contributed by atoms with Gasteiger partial charge in [0.2, 0.25) is 12.7 Å². The molecule has 0 atom stereocenters. The van der Waals surface area contributed by atoms with Crippen molar-refractivity contribution >= 4 is 23.4 Å². The lowest BCUT2D eigenvalue weighted by molar-refractivity contribution is 0.102. The van der Waals surface area contributed by atoms with E-state index >= 15 is 0 Å². The summed E-state index contributed by atoms with van der Waals surface area (Å²) in [6, 6.07) is 8.61. The first-order valence-electron chi connectivity index (χ1n) is 7.84. The standard InChI is InChI=1S/C17H15N5O4/c1-9-5-12(16(23)21-15-6-10(2)26-22-15)20-17(18-9)19-11-3-4-13-14(7-11)25-8-24-13/h3-7H,8H2,1-2H3,(H,18,19,20)(H,21,22,23). The predicted octanol–water partition coefficient (Wildman–Crippen LogP) is 2.81. The summed E-state index contributed by atoms with van der Waals surface area (Å²) in [5.74, 6) is 2.15. The van der Waals surface area contributed by atoms with Crippen molar-refractivity contribution in [1.82, 2.24) is 15.1 Å². The molecular formula is C17H15N5O4. The molecule has 0 saturated heterocycles. The Balaban J connectivity index is 1.55. The fourth-order valence-corrected chi connectivity index (χ4v) is 2.45. The van der Waals surface area contributed by atoms with E-state index in [-0.39, 0.29) is 12.5 Å². The maximum atomic E-state index is 12.4. The summed E-state index contributed by atoms with van der Waals surface area (Å²) >= 11 is 0. The van der Waals surface area contributed by atoms with Crippen LogP contribution in [0.2, 0.25) is 0 Å². The molecule has 0 bridgehead atoms. The molecule has 0 spiro atoms. The van der Waals surface area contributed by atoms with Crippen LogP contribution in [0.4, 0.5) is 17.5 Å². The zero-order valence-corrected chi connectivity index (χ0v) is 14.1. The zero-order chi connectivity index (χ0) is 18.1. The average molecular weight is 353 g/mol. The van der Waals surface area contributed by atoms with E-state index in [4.69, 9.17) is 14.0 Å². The topological polar surface area (TPSA) is 111 Å². The zero-order valence-electron chi connectivity index (χ0n) is 14.1. The van der Waals surface area contributed by atoms with E-state index in [0.717, 1.165) is 5.69 Å². The van der Waals surface area contributed by atoms with Gasteiger partial charge in [-0.05, 0) is 32.0 Å². The molecule has 26 heavy (non-hydrogen) atoms. The Kier molecular flexibility index (Phi) is 3.88. The molecule has 3 aromatic rings. The molecule has 1 aliphatic heterocycles. The lowest BCUT2D eigenvalue weighted by atomic mass is 10.3. The second kappa shape index (κ2) is 6.36. The number of nitrogens with zero attached hydrogens (tertiary/aromatic N) is 3. The quantitative estimate of drug-likeness (QED) is 0.736. The van der Waals surface area contributed by atoms with E-state index < -0.39 is 5.91 Å². The first kappa shape index (κ1) is 15.9. The number of carbonyl (C=O) groups is 1. The predicted molar refractivity (Wildman–Crippen MR) is 91.8 cm³/mol. The number of nitrogens with one attached hydrogen (secondary N) is 2. The van der Waals surface area contributed by atoms with Crippen LogP contribution in [0.15, 0.2) is 34.9 Å². The van der Waals surface area contributed by atoms with E-state index in [0.29, 0.717) is 34.7 Å². The molecule has 1 aromatic carbocycles. The Morgan fingerprint density at radius 1 is 1.08 bits per heavy atom. The van der Waals surface area contributed by atoms with Crippen molar-refractivity contribution < 1.29 is 18.8 Å². The van der Waals surface area contributed by atoms with Crippen molar-refractivity contribution in [2.45, 2.75) is 13.8 Å². The van der Waals surface area contributed by atoms with Gasteiger partial charge in [0, 0.05) is 23.5 Å². The van der Waals surface area contributed by atoms with Crippen LogP contribution < -0.4 is 20.1 Å². The van der Waals surface area contributed by atoms with Crippen LogP contribution >= 0.6 is 0 Å². The largest absolute Gasteiger partial charge is 0.454 e. The Morgan fingerprint density at radius 3 is 2.73 bits per heavy atom. The fraction of sp³-hybridized carbons (Fsp3) is 0.176. The van der Waals surface area contributed by atoms with Gasteiger partial charge < -0.3 is 24.6 Å². The van der Waals surface area contributed by atoms with Crippen LogP contribution in [-0.2, 0) is 0 Å². The molecule has 9 nitrogen and oxygen atoms in total. The number of carbonyl (C=O) groups excluding carboxylic acids is 1. The van der Waals surface area contributed by atoms with E-state index in [9.17, 15) is 4.79 Å². The minimum Gasteiger partial charge on any atom is -0.454 e. The van der Waals surface area contributed by atoms with Gasteiger partial charge in [-0.1, -0.05) is 5.16 Å². The Bertz CT molecular complexity index is 985. The van der Waals surface area contributed by atoms with E-state index in [1.54, 1.807) is 38.1 Å². The minimum absolute atomic E-state index is 0.200. The van der Waals surface area contributed by atoms with Crippen LogP contribution in [0.3, 0.4) is 0 Å². The number of ether oxygens (including phenoxy) is 2. The maximum Gasteiger partial charge on any atom is 0.275 e. The van der Waals surface area contributed by atoms with Gasteiger partial charge in [-0.25, -0.2) is 9.97 Å². The molecular weight excluding hydrogens is 338 g/mol. The van der Waals surface area contributed by atoms with Gasteiger partial charge in [0.1, 0.15) is 11.5 Å². The molecule has 2 aromatic heterocycles. The summed E-state index contributed by atoms with van der Waals surface area (Å²) in [6.45, 7) is 3.72. The summed E-state index contributed by atoms with van der Waals surface area (Å²) in [7, 11) is 0. The van der Waals surface area contributed by atoms with Gasteiger partial charge in [0.05, 0.1) is 0 Å². The summed E-state index contributed by atoms with van der Waals surface area (Å²) in [4.78, 5) is 21.0. The van der Waals surface area contributed by atoms with Crippen molar-refractivity contribution in [3.8, 4) is 11.5 Å². The molecule has 9 heteroatoms. The second-order valence-electron chi connectivity index (χ2n) is 5.69. The molecule has 1 amide bonds. The Labute approximate surface area is 148 Å². The fourth-order valence-electron chi connectivity index (χ4n) is 2.45.